The fourth-order valence-corrected chi connectivity index (χ4v) is 0.700. The summed E-state index contributed by atoms with van der Waals surface area (Å²) in [4.78, 5) is 0. The van der Waals surface area contributed by atoms with Gasteiger partial charge in [0.1, 0.15) is 11.8 Å². The van der Waals surface area contributed by atoms with Crippen molar-refractivity contribution < 1.29 is 4.68 Å². The van der Waals surface area contributed by atoms with Gasteiger partial charge in [-0.1, -0.05) is 0 Å². The van der Waals surface area contributed by atoms with E-state index in [1.165, 1.54) is 6.21 Å². The molecular formula is C8H12N4. The molecule has 0 amide bonds. The molecule has 2 unspecified atom stereocenters. The van der Waals surface area contributed by atoms with Crippen molar-refractivity contribution in [3.05, 3.63) is 5.84 Å². The Labute approximate surface area is 72.5 Å². The Morgan fingerprint density at radius 3 is 2.42 bits per heavy atom. The molecule has 0 bridgehead atoms. The topological polar surface area (TPSA) is 74.4 Å². The Morgan fingerprint density at radius 1 is 1.42 bits per heavy atom. The summed E-state index contributed by atoms with van der Waals surface area (Å²) in [6, 6.07) is 4.01. The Bertz CT molecular complexity index is 243. The predicted octanol–water partition coefficient (Wildman–Crippen LogP) is 1.36. The normalized spacial score (nSPS) is 15.8. The van der Waals surface area contributed by atoms with Crippen molar-refractivity contribution >= 4 is 6.21 Å². The Kier molecular flexibility index (Phi) is 4.48. The van der Waals surface area contributed by atoms with Gasteiger partial charge in [0, 0.05) is 0 Å². The van der Waals surface area contributed by atoms with Gasteiger partial charge in [0.05, 0.1) is 12.1 Å². The first-order valence-electron chi connectivity index (χ1n) is 3.72. The van der Waals surface area contributed by atoms with Gasteiger partial charge in [0.15, 0.2) is 12.8 Å². The maximum absolute atomic E-state index is 8.44. The highest BCUT2D eigenvalue weighted by atomic mass is 15.3. The van der Waals surface area contributed by atoms with Gasteiger partial charge in [0.2, 0.25) is 0 Å². The van der Waals surface area contributed by atoms with Crippen molar-refractivity contribution in [1.29, 1.82) is 10.5 Å². The van der Waals surface area contributed by atoms with Gasteiger partial charge >= 0.3 is 0 Å². The van der Waals surface area contributed by atoms with E-state index >= 15 is 0 Å². The second-order valence-corrected chi connectivity index (χ2v) is 2.75. The van der Waals surface area contributed by atoms with Crippen LogP contribution in [0.2, 0.25) is 0 Å². The molecule has 0 radical (unpaired) electrons. The number of nitrogens with zero attached hydrogens (tertiary/aromatic N) is 3. The lowest BCUT2D eigenvalue weighted by molar-refractivity contribution is -0.460. The molecule has 1 N–H and O–H groups in total. The summed E-state index contributed by atoms with van der Waals surface area (Å²) in [6.45, 7) is 3.80. The summed E-state index contributed by atoms with van der Waals surface area (Å²) in [5.41, 5.74) is 0. The number of hydrogen-bond acceptors (Lipinski definition) is 2. The van der Waals surface area contributed by atoms with E-state index in [9.17, 15) is 0 Å². The maximum atomic E-state index is 8.44. The summed E-state index contributed by atoms with van der Waals surface area (Å²) in [7, 11) is 0. The van der Waals surface area contributed by atoms with Gasteiger partial charge in [-0.2, -0.15) is 10.5 Å². The lowest BCUT2D eigenvalue weighted by Gasteiger charge is -2.04. The van der Waals surface area contributed by atoms with Crippen LogP contribution in [-0.2, 0) is 0 Å². The van der Waals surface area contributed by atoms with E-state index in [4.69, 9.17) is 16.4 Å². The van der Waals surface area contributed by atoms with Crippen LogP contribution in [0.3, 0.4) is 0 Å². The average molecular weight is 164 g/mol. The van der Waals surface area contributed by atoms with Crippen LogP contribution in [0, 0.1) is 34.5 Å². The third-order valence-electron chi connectivity index (χ3n) is 1.30. The van der Waals surface area contributed by atoms with Crippen molar-refractivity contribution in [1.82, 2.24) is 0 Å². The van der Waals surface area contributed by atoms with Crippen molar-refractivity contribution in [2.24, 2.45) is 11.8 Å². The van der Waals surface area contributed by atoms with Crippen LogP contribution in [0.5, 0.6) is 0 Å². The van der Waals surface area contributed by atoms with Crippen LogP contribution in [0.4, 0.5) is 0 Å². The van der Waals surface area contributed by atoms with Crippen molar-refractivity contribution in [2.45, 2.75) is 13.8 Å². The molecule has 0 aromatic heterocycles. The zero-order chi connectivity index (χ0) is 9.56. The molecule has 4 nitrogen and oxygen atoms in total. The highest BCUT2D eigenvalue weighted by Crippen LogP contribution is 1.94. The average Bonchev–Trinajstić information content (AvgIpc) is 2.03. The quantitative estimate of drug-likeness (QED) is 0.359. The Morgan fingerprint density at radius 2 is 2.00 bits per heavy atom. The predicted molar refractivity (Wildman–Crippen MR) is 45.1 cm³/mol. The SMILES string of the molecule is CC(C#N)C=[N+]([NH-])CC(C)C#N. The molecule has 2 atom stereocenters. The summed E-state index contributed by atoms with van der Waals surface area (Å²) < 4.78 is 1.14. The summed E-state index contributed by atoms with van der Waals surface area (Å²) in [6.07, 6.45) is 1.49. The molecule has 0 heterocycles. The highest BCUT2D eigenvalue weighted by molar-refractivity contribution is 5.58. The molecule has 0 rings (SSSR count). The van der Waals surface area contributed by atoms with Gasteiger partial charge in [-0.15, -0.1) is 0 Å². The molecule has 0 aromatic rings. The number of hydrogen-bond donors (Lipinski definition) is 0. The smallest absolute Gasteiger partial charge is 0.152 e. The molecule has 0 aromatic carbocycles. The number of nitrogens with one attached hydrogen (secondary N) is 1. The van der Waals surface area contributed by atoms with Crippen LogP contribution in [0.25, 0.3) is 5.84 Å². The molecule has 0 saturated heterocycles. The second kappa shape index (κ2) is 5.15. The minimum absolute atomic E-state index is 0.176. The van der Waals surface area contributed by atoms with E-state index in [1.807, 2.05) is 12.1 Å². The largest absolute Gasteiger partial charge is 0.455 e. The second-order valence-electron chi connectivity index (χ2n) is 2.75. The number of nitriles is 2. The Hall–Kier alpha value is -1.55. The van der Waals surface area contributed by atoms with Gasteiger partial charge in [-0.05, 0) is 13.8 Å². The van der Waals surface area contributed by atoms with Crippen LogP contribution < -0.4 is 0 Å². The number of rotatable bonds is 3. The van der Waals surface area contributed by atoms with Crippen molar-refractivity contribution in [2.75, 3.05) is 6.54 Å². The van der Waals surface area contributed by atoms with E-state index in [0.717, 1.165) is 4.68 Å². The third-order valence-corrected chi connectivity index (χ3v) is 1.30. The highest BCUT2D eigenvalue weighted by Gasteiger charge is 2.05. The molecular weight excluding hydrogens is 152 g/mol. The van der Waals surface area contributed by atoms with Crippen LogP contribution >= 0.6 is 0 Å². The van der Waals surface area contributed by atoms with E-state index in [1.54, 1.807) is 13.8 Å². The minimum Gasteiger partial charge on any atom is -0.455 e. The molecule has 0 saturated carbocycles. The fraction of sp³-hybridized carbons (Fsp3) is 0.625. The first-order chi connectivity index (χ1) is 5.60. The van der Waals surface area contributed by atoms with Crippen LogP contribution in [0.1, 0.15) is 13.8 Å². The maximum Gasteiger partial charge on any atom is 0.152 e. The molecule has 64 valence electrons. The van der Waals surface area contributed by atoms with Gasteiger partial charge in [-0.25, -0.2) is 0 Å². The standard InChI is InChI=1S/C8H12N4/c1-7(3-9)5-12(11)6-8(2)4-10/h5,7-8,11H,6H2,1-2H3. The first-order valence-corrected chi connectivity index (χ1v) is 3.72. The molecule has 0 aliphatic heterocycles. The minimum atomic E-state index is -0.270. The zero-order valence-corrected chi connectivity index (χ0v) is 7.28. The molecule has 0 fully saturated rings. The summed E-state index contributed by atoms with van der Waals surface area (Å²) in [5.74, 6) is 6.87. The van der Waals surface area contributed by atoms with Crippen LogP contribution in [-0.4, -0.2) is 17.4 Å². The summed E-state index contributed by atoms with van der Waals surface area (Å²) in [5, 5.41) is 16.9. The molecule has 4 heteroatoms. The molecule has 12 heavy (non-hydrogen) atoms. The van der Waals surface area contributed by atoms with Crippen molar-refractivity contribution in [3.63, 3.8) is 0 Å². The zero-order valence-electron chi connectivity index (χ0n) is 7.28. The lowest BCUT2D eigenvalue weighted by atomic mass is 10.2. The lowest BCUT2D eigenvalue weighted by Crippen LogP contribution is -2.14. The van der Waals surface area contributed by atoms with E-state index in [2.05, 4.69) is 0 Å². The molecule has 0 aliphatic carbocycles. The van der Waals surface area contributed by atoms with E-state index in [-0.39, 0.29) is 11.8 Å². The van der Waals surface area contributed by atoms with E-state index in [0.29, 0.717) is 6.54 Å². The first kappa shape index (κ1) is 10.4. The monoisotopic (exact) mass is 164 g/mol. The van der Waals surface area contributed by atoms with Gasteiger partial charge < -0.3 is 5.84 Å². The third kappa shape index (κ3) is 4.29. The van der Waals surface area contributed by atoms with E-state index < -0.39 is 0 Å². The van der Waals surface area contributed by atoms with Crippen molar-refractivity contribution in [3.8, 4) is 12.1 Å². The summed E-state index contributed by atoms with van der Waals surface area (Å²) >= 11 is 0. The van der Waals surface area contributed by atoms with Crippen LogP contribution in [0.15, 0.2) is 0 Å². The van der Waals surface area contributed by atoms with Gasteiger partial charge in [0.25, 0.3) is 0 Å². The molecule has 0 spiro atoms. The fourth-order valence-electron chi connectivity index (χ4n) is 0.700. The molecule has 0 aliphatic rings. The van der Waals surface area contributed by atoms with Gasteiger partial charge in [-0.3, -0.25) is 4.68 Å². The Balaban J connectivity index is 4.06.